The third-order valence-electron chi connectivity index (χ3n) is 4.66. The Morgan fingerprint density at radius 2 is 1.59 bits per heavy atom. The molecule has 0 spiro atoms. The maximum atomic E-state index is 5.77. The summed E-state index contributed by atoms with van der Waals surface area (Å²) in [5.41, 5.74) is 2.26. The predicted octanol–water partition coefficient (Wildman–Crippen LogP) is 6.78. The molecular formula is C24H34N2O. The van der Waals surface area contributed by atoms with Gasteiger partial charge in [0.1, 0.15) is 5.75 Å². The Balaban J connectivity index is 1.75. The van der Waals surface area contributed by atoms with E-state index >= 15 is 0 Å². The first kappa shape index (κ1) is 21.1. The lowest BCUT2D eigenvalue weighted by Crippen LogP contribution is -1.97. The smallest absolute Gasteiger partial charge is 0.159 e. The zero-order valence-corrected chi connectivity index (χ0v) is 17.0. The summed E-state index contributed by atoms with van der Waals surface area (Å²) in [5.74, 6) is 1.68. The van der Waals surface area contributed by atoms with Gasteiger partial charge in [0.25, 0.3) is 0 Å². The topological polar surface area (TPSA) is 35.0 Å². The number of hydrogen-bond acceptors (Lipinski definition) is 3. The molecule has 0 amide bonds. The van der Waals surface area contributed by atoms with Crippen LogP contribution in [0.3, 0.4) is 0 Å². The van der Waals surface area contributed by atoms with E-state index in [1.807, 2.05) is 43.6 Å². The number of nitrogens with zero attached hydrogens (tertiary/aromatic N) is 2. The minimum atomic E-state index is 0.743. The summed E-state index contributed by atoms with van der Waals surface area (Å²) in [7, 11) is 0. The zero-order chi connectivity index (χ0) is 19.2. The van der Waals surface area contributed by atoms with Crippen molar-refractivity contribution in [1.82, 2.24) is 9.97 Å². The normalized spacial score (nSPS) is 11.2. The van der Waals surface area contributed by atoms with Crippen LogP contribution in [0.25, 0.3) is 11.4 Å². The van der Waals surface area contributed by atoms with Gasteiger partial charge in [-0.3, -0.25) is 0 Å². The lowest BCUT2D eigenvalue weighted by molar-refractivity contribution is 0.312. The van der Waals surface area contributed by atoms with Gasteiger partial charge in [-0.15, -0.1) is 0 Å². The molecule has 0 bridgehead atoms. The molecule has 0 aliphatic carbocycles. The average Bonchev–Trinajstić information content (AvgIpc) is 2.71. The Morgan fingerprint density at radius 3 is 2.30 bits per heavy atom. The highest BCUT2D eigenvalue weighted by atomic mass is 16.5. The van der Waals surface area contributed by atoms with Crippen molar-refractivity contribution in [2.45, 2.75) is 71.6 Å². The summed E-state index contributed by atoms with van der Waals surface area (Å²) in [6, 6.07) is 8.06. The second-order valence-electron chi connectivity index (χ2n) is 7.02. The molecule has 0 N–H and O–H groups in total. The minimum Gasteiger partial charge on any atom is -0.494 e. The maximum Gasteiger partial charge on any atom is 0.159 e. The molecule has 0 radical (unpaired) electrons. The largest absolute Gasteiger partial charge is 0.494 e. The Morgan fingerprint density at radius 1 is 0.889 bits per heavy atom. The Bertz CT molecular complexity index is 647. The maximum absolute atomic E-state index is 5.77. The highest BCUT2D eigenvalue weighted by Gasteiger charge is 2.03. The molecule has 2 aromatic rings. The second kappa shape index (κ2) is 13.1. The SMILES string of the molecule is CC=CCCCOc1ccc(-c2ncc(CCCCCCCC)cn2)cc1. The summed E-state index contributed by atoms with van der Waals surface area (Å²) in [4.78, 5) is 9.09. The van der Waals surface area contributed by atoms with Gasteiger partial charge in [-0.1, -0.05) is 51.2 Å². The van der Waals surface area contributed by atoms with Gasteiger partial charge >= 0.3 is 0 Å². The second-order valence-corrected chi connectivity index (χ2v) is 7.02. The molecule has 3 heteroatoms. The van der Waals surface area contributed by atoms with E-state index in [0.717, 1.165) is 43.0 Å². The molecule has 1 heterocycles. The van der Waals surface area contributed by atoms with Crippen LogP contribution >= 0.6 is 0 Å². The molecular weight excluding hydrogens is 332 g/mol. The summed E-state index contributed by atoms with van der Waals surface area (Å²) >= 11 is 0. The van der Waals surface area contributed by atoms with Crippen molar-refractivity contribution in [3.05, 3.63) is 54.4 Å². The van der Waals surface area contributed by atoms with E-state index in [-0.39, 0.29) is 0 Å². The molecule has 27 heavy (non-hydrogen) atoms. The van der Waals surface area contributed by atoms with Crippen molar-refractivity contribution in [2.75, 3.05) is 6.61 Å². The number of rotatable bonds is 13. The molecule has 0 atom stereocenters. The molecule has 146 valence electrons. The Kier molecular flexibility index (Phi) is 10.2. The van der Waals surface area contributed by atoms with Gasteiger partial charge < -0.3 is 4.74 Å². The molecule has 1 aromatic carbocycles. The highest BCUT2D eigenvalue weighted by molar-refractivity contribution is 5.55. The first-order valence-corrected chi connectivity index (χ1v) is 10.5. The Hall–Kier alpha value is -2.16. The molecule has 0 saturated heterocycles. The number of hydrogen-bond donors (Lipinski definition) is 0. The summed E-state index contributed by atoms with van der Waals surface area (Å²) < 4.78 is 5.77. The van der Waals surface area contributed by atoms with Crippen molar-refractivity contribution in [1.29, 1.82) is 0 Å². The van der Waals surface area contributed by atoms with Crippen LogP contribution in [-0.2, 0) is 6.42 Å². The third-order valence-corrected chi connectivity index (χ3v) is 4.66. The molecule has 0 aliphatic rings. The van der Waals surface area contributed by atoms with E-state index in [4.69, 9.17) is 4.74 Å². The van der Waals surface area contributed by atoms with Crippen molar-refractivity contribution in [3.63, 3.8) is 0 Å². The summed E-state index contributed by atoms with van der Waals surface area (Å²) in [6.07, 6.45) is 19.3. The molecule has 0 saturated carbocycles. The van der Waals surface area contributed by atoms with Crippen molar-refractivity contribution >= 4 is 0 Å². The van der Waals surface area contributed by atoms with Gasteiger partial charge in [0.2, 0.25) is 0 Å². The highest BCUT2D eigenvalue weighted by Crippen LogP contribution is 2.20. The van der Waals surface area contributed by atoms with Crippen LogP contribution in [0, 0.1) is 0 Å². The number of aromatic nitrogens is 2. The fourth-order valence-electron chi connectivity index (χ4n) is 3.00. The van der Waals surface area contributed by atoms with Crippen LogP contribution in [0.15, 0.2) is 48.8 Å². The monoisotopic (exact) mass is 366 g/mol. The van der Waals surface area contributed by atoms with Gasteiger partial charge in [0.15, 0.2) is 5.82 Å². The van der Waals surface area contributed by atoms with E-state index in [0.29, 0.717) is 0 Å². The van der Waals surface area contributed by atoms with Crippen molar-refractivity contribution in [2.24, 2.45) is 0 Å². The standard InChI is InChI=1S/C24H34N2O/c1-3-5-7-9-10-11-13-21-19-25-24(26-20-21)22-14-16-23(17-15-22)27-18-12-8-6-4-2/h4,6,14-17,19-20H,3,5,7-13,18H2,1-2H3. The van der Waals surface area contributed by atoms with Crippen LogP contribution in [0.1, 0.15) is 70.8 Å². The average molecular weight is 367 g/mol. The number of unbranched alkanes of at least 4 members (excludes halogenated alkanes) is 6. The quantitative estimate of drug-likeness (QED) is 0.289. The van der Waals surface area contributed by atoms with Gasteiger partial charge in [-0.2, -0.15) is 0 Å². The van der Waals surface area contributed by atoms with E-state index in [1.165, 1.54) is 44.1 Å². The number of ether oxygens (including phenoxy) is 1. The van der Waals surface area contributed by atoms with Crippen molar-refractivity contribution < 1.29 is 4.74 Å². The van der Waals surface area contributed by atoms with Gasteiger partial charge in [-0.05, 0) is 62.4 Å². The summed E-state index contributed by atoms with van der Waals surface area (Å²) in [6.45, 7) is 5.04. The van der Waals surface area contributed by atoms with E-state index in [1.54, 1.807) is 0 Å². The molecule has 3 nitrogen and oxygen atoms in total. The Labute approximate surface area is 164 Å². The fourth-order valence-corrected chi connectivity index (χ4v) is 3.00. The number of aryl methyl sites for hydroxylation is 1. The molecule has 0 aliphatic heterocycles. The zero-order valence-electron chi connectivity index (χ0n) is 17.0. The predicted molar refractivity (Wildman–Crippen MR) is 114 cm³/mol. The molecule has 0 fully saturated rings. The molecule has 0 unspecified atom stereocenters. The minimum absolute atomic E-state index is 0.743. The van der Waals surface area contributed by atoms with Crippen LogP contribution in [-0.4, -0.2) is 16.6 Å². The van der Waals surface area contributed by atoms with Gasteiger partial charge in [0, 0.05) is 18.0 Å². The third kappa shape index (κ3) is 8.38. The van der Waals surface area contributed by atoms with Gasteiger partial charge in [-0.25, -0.2) is 9.97 Å². The lowest BCUT2D eigenvalue weighted by Gasteiger charge is -2.07. The van der Waals surface area contributed by atoms with E-state index in [2.05, 4.69) is 29.0 Å². The van der Waals surface area contributed by atoms with Crippen LogP contribution in [0.4, 0.5) is 0 Å². The van der Waals surface area contributed by atoms with Crippen LogP contribution in [0.5, 0.6) is 5.75 Å². The van der Waals surface area contributed by atoms with E-state index in [9.17, 15) is 0 Å². The van der Waals surface area contributed by atoms with E-state index < -0.39 is 0 Å². The van der Waals surface area contributed by atoms with Crippen LogP contribution < -0.4 is 4.74 Å². The van der Waals surface area contributed by atoms with Gasteiger partial charge in [0.05, 0.1) is 6.61 Å². The van der Waals surface area contributed by atoms with Crippen LogP contribution in [0.2, 0.25) is 0 Å². The van der Waals surface area contributed by atoms with Crippen molar-refractivity contribution in [3.8, 4) is 17.1 Å². The first-order chi connectivity index (χ1) is 13.3. The molecule has 2 rings (SSSR count). The number of allylic oxidation sites excluding steroid dienone is 2. The fraction of sp³-hybridized carbons (Fsp3) is 0.500. The lowest BCUT2D eigenvalue weighted by atomic mass is 10.1. The molecule has 1 aromatic heterocycles. The first-order valence-electron chi connectivity index (χ1n) is 10.5. The number of benzene rings is 1. The summed E-state index contributed by atoms with van der Waals surface area (Å²) in [5, 5.41) is 0.